The Bertz CT molecular complexity index is 397. The second-order valence-electron chi connectivity index (χ2n) is 4.20. The van der Waals surface area contributed by atoms with Gasteiger partial charge in [0.05, 0.1) is 16.6 Å². The fourth-order valence-electron chi connectivity index (χ4n) is 2.29. The largest absolute Gasteiger partial charge is 0.361 e. The van der Waals surface area contributed by atoms with Gasteiger partial charge in [-0.05, 0) is 27.2 Å². The van der Waals surface area contributed by atoms with E-state index in [0.29, 0.717) is 0 Å². The molecule has 1 fully saturated rings. The average molecular weight is 287 g/mol. The van der Waals surface area contributed by atoms with Crippen molar-refractivity contribution in [1.82, 2.24) is 10.1 Å². The van der Waals surface area contributed by atoms with Gasteiger partial charge in [-0.2, -0.15) is 0 Å². The summed E-state index contributed by atoms with van der Waals surface area (Å²) in [6, 6.07) is 0.0429. The lowest BCUT2D eigenvalue weighted by Gasteiger charge is -2.24. The number of hydrogen-bond acceptors (Lipinski definition) is 3. The highest BCUT2D eigenvalue weighted by Crippen LogP contribution is 2.31. The van der Waals surface area contributed by atoms with Crippen LogP contribution in [0.2, 0.25) is 0 Å². The standard InChI is InChI=1S/C11H15BrN2O2/c1-6-10(8(3)16-13-6)7(2)14-5-4-9(12)11(14)15/h7,9H,4-5H2,1-3H3. The predicted molar refractivity (Wildman–Crippen MR) is 63.4 cm³/mol. The number of carbonyl (C=O) groups is 1. The zero-order chi connectivity index (χ0) is 11.9. The molecule has 2 rings (SSSR count). The molecule has 2 atom stereocenters. The summed E-state index contributed by atoms with van der Waals surface area (Å²) in [5.74, 6) is 0.961. The maximum atomic E-state index is 11.9. The SMILES string of the molecule is Cc1noc(C)c1C(C)N1CCC(Br)C1=O. The first kappa shape index (κ1) is 11.6. The molecule has 1 amide bonds. The molecule has 2 unspecified atom stereocenters. The topological polar surface area (TPSA) is 46.3 Å². The Morgan fingerprint density at radius 3 is 2.69 bits per heavy atom. The summed E-state index contributed by atoms with van der Waals surface area (Å²) in [5.41, 5.74) is 1.91. The number of hydrogen-bond donors (Lipinski definition) is 0. The predicted octanol–water partition coefficient (Wildman–Crippen LogP) is 2.35. The molecule has 0 spiro atoms. The lowest BCUT2D eigenvalue weighted by atomic mass is 10.1. The van der Waals surface area contributed by atoms with Gasteiger partial charge in [0.2, 0.25) is 5.91 Å². The summed E-state index contributed by atoms with van der Waals surface area (Å²) >= 11 is 3.38. The van der Waals surface area contributed by atoms with Gasteiger partial charge in [0, 0.05) is 12.1 Å². The van der Waals surface area contributed by atoms with E-state index >= 15 is 0 Å². The minimum Gasteiger partial charge on any atom is -0.361 e. The molecule has 88 valence electrons. The van der Waals surface area contributed by atoms with Crippen LogP contribution in [0, 0.1) is 13.8 Å². The molecule has 16 heavy (non-hydrogen) atoms. The minimum atomic E-state index is -0.0320. The fraction of sp³-hybridized carbons (Fsp3) is 0.636. The number of likely N-dealkylation sites (tertiary alicyclic amines) is 1. The second kappa shape index (κ2) is 4.20. The number of halogens is 1. The van der Waals surface area contributed by atoms with E-state index in [1.165, 1.54) is 0 Å². The van der Waals surface area contributed by atoms with E-state index in [2.05, 4.69) is 21.1 Å². The fourth-order valence-corrected chi connectivity index (χ4v) is 2.76. The third-order valence-electron chi connectivity index (χ3n) is 3.15. The Morgan fingerprint density at radius 2 is 2.25 bits per heavy atom. The second-order valence-corrected chi connectivity index (χ2v) is 5.31. The smallest absolute Gasteiger partial charge is 0.236 e. The van der Waals surface area contributed by atoms with E-state index in [9.17, 15) is 4.79 Å². The van der Waals surface area contributed by atoms with Crippen molar-refractivity contribution in [2.75, 3.05) is 6.54 Å². The van der Waals surface area contributed by atoms with Crippen LogP contribution < -0.4 is 0 Å². The molecular formula is C11H15BrN2O2. The Hall–Kier alpha value is -0.840. The van der Waals surface area contributed by atoms with Gasteiger partial charge >= 0.3 is 0 Å². The summed E-state index contributed by atoms with van der Waals surface area (Å²) in [5, 5.41) is 3.93. The van der Waals surface area contributed by atoms with E-state index in [-0.39, 0.29) is 16.8 Å². The van der Waals surface area contributed by atoms with Gasteiger partial charge < -0.3 is 9.42 Å². The third-order valence-corrected chi connectivity index (χ3v) is 4.00. The van der Waals surface area contributed by atoms with Crippen LogP contribution in [0.15, 0.2) is 4.52 Å². The van der Waals surface area contributed by atoms with Crippen LogP contribution in [-0.4, -0.2) is 27.3 Å². The molecule has 0 bridgehead atoms. The lowest BCUT2D eigenvalue weighted by molar-refractivity contribution is -0.129. The Kier molecular flexibility index (Phi) is 3.06. The van der Waals surface area contributed by atoms with E-state index in [1.807, 2.05) is 25.7 Å². The maximum Gasteiger partial charge on any atom is 0.236 e. The Balaban J connectivity index is 2.26. The lowest BCUT2D eigenvalue weighted by Crippen LogP contribution is -2.30. The zero-order valence-electron chi connectivity index (χ0n) is 9.66. The number of alkyl halides is 1. The normalized spacial score (nSPS) is 22.9. The van der Waals surface area contributed by atoms with Crippen LogP contribution in [0.4, 0.5) is 0 Å². The van der Waals surface area contributed by atoms with Crippen molar-refractivity contribution < 1.29 is 9.32 Å². The molecule has 0 saturated carbocycles. The van der Waals surface area contributed by atoms with Crippen LogP contribution in [0.25, 0.3) is 0 Å². The van der Waals surface area contributed by atoms with Crippen LogP contribution in [0.3, 0.4) is 0 Å². The first-order valence-corrected chi connectivity index (χ1v) is 6.31. The van der Waals surface area contributed by atoms with Crippen molar-refractivity contribution in [3.63, 3.8) is 0 Å². The monoisotopic (exact) mass is 286 g/mol. The zero-order valence-corrected chi connectivity index (χ0v) is 11.2. The van der Waals surface area contributed by atoms with E-state index < -0.39 is 0 Å². The molecular weight excluding hydrogens is 272 g/mol. The van der Waals surface area contributed by atoms with Gasteiger partial charge in [-0.1, -0.05) is 21.1 Å². The first-order valence-electron chi connectivity index (χ1n) is 5.39. The van der Waals surface area contributed by atoms with Gasteiger partial charge in [0.15, 0.2) is 0 Å². The highest BCUT2D eigenvalue weighted by molar-refractivity contribution is 9.10. The molecule has 1 aliphatic heterocycles. The number of rotatable bonds is 2. The van der Waals surface area contributed by atoms with E-state index in [0.717, 1.165) is 30.0 Å². The minimum absolute atomic E-state index is 0.0320. The van der Waals surface area contributed by atoms with Gasteiger partial charge in [-0.15, -0.1) is 0 Å². The molecule has 1 aromatic rings. The Labute approximate surface area is 103 Å². The highest BCUT2D eigenvalue weighted by Gasteiger charge is 2.34. The summed E-state index contributed by atoms with van der Waals surface area (Å²) in [4.78, 5) is 13.7. The average Bonchev–Trinajstić information content (AvgIpc) is 2.73. The van der Waals surface area contributed by atoms with Crippen molar-refractivity contribution in [2.45, 2.75) is 38.1 Å². The number of aromatic nitrogens is 1. The van der Waals surface area contributed by atoms with Crippen LogP contribution in [0.5, 0.6) is 0 Å². The number of nitrogens with zero attached hydrogens (tertiary/aromatic N) is 2. The molecule has 5 heteroatoms. The maximum absolute atomic E-state index is 11.9. The van der Waals surface area contributed by atoms with Crippen LogP contribution in [-0.2, 0) is 4.79 Å². The molecule has 0 aliphatic carbocycles. The van der Waals surface area contributed by atoms with E-state index in [1.54, 1.807) is 0 Å². The molecule has 1 aromatic heterocycles. The van der Waals surface area contributed by atoms with Crippen LogP contribution >= 0.6 is 15.9 Å². The van der Waals surface area contributed by atoms with Gasteiger partial charge in [-0.25, -0.2) is 0 Å². The summed E-state index contributed by atoms with van der Waals surface area (Å²) in [6.07, 6.45) is 0.868. The van der Waals surface area contributed by atoms with Gasteiger partial charge in [-0.3, -0.25) is 4.79 Å². The molecule has 0 radical (unpaired) electrons. The van der Waals surface area contributed by atoms with Crippen molar-refractivity contribution in [3.05, 3.63) is 17.0 Å². The Morgan fingerprint density at radius 1 is 1.56 bits per heavy atom. The molecule has 4 nitrogen and oxygen atoms in total. The van der Waals surface area contributed by atoms with Crippen molar-refractivity contribution in [2.24, 2.45) is 0 Å². The third kappa shape index (κ3) is 1.77. The molecule has 2 heterocycles. The molecule has 1 aliphatic rings. The molecule has 0 aromatic carbocycles. The van der Waals surface area contributed by atoms with Crippen molar-refractivity contribution in [3.8, 4) is 0 Å². The summed E-state index contributed by atoms with van der Waals surface area (Å²) in [6.45, 7) is 6.61. The number of carbonyl (C=O) groups excluding carboxylic acids is 1. The van der Waals surface area contributed by atoms with Crippen molar-refractivity contribution in [1.29, 1.82) is 0 Å². The number of aryl methyl sites for hydroxylation is 2. The highest BCUT2D eigenvalue weighted by atomic mass is 79.9. The quantitative estimate of drug-likeness (QED) is 0.784. The van der Waals surface area contributed by atoms with E-state index in [4.69, 9.17) is 4.52 Å². The van der Waals surface area contributed by atoms with Crippen LogP contribution in [0.1, 0.15) is 36.4 Å². The first-order chi connectivity index (χ1) is 7.52. The molecule has 0 N–H and O–H groups in total. The van der Waals surface area contributed by atoms with Gasteiger partial charge in [0.1, 0.15) is 5.76 Å². The molecule has 1 saturated heterocycles. The number of amides is 1. The summed E-state index contributed by atoms with van der Waals surface area (Å²) < 4.78 is 5.14. The van der Waals surface area contributed by atoms with Gasteiger partial charge in [0.25, 0.3) is 0 Å². The summed E-state index contributed by atoms with van der Waals surface area (Å²) in [7, 11) is 0. The van der Waals surface area contributed by atoms with Crippen molar-refractivity contribution >= 4 is 21.8 Å².